The first kappa shape index (κ1) is 15.7. The highest BCUT2D eigenvalue weighted by Crippen LogP contribution is 2.37. The number of carbonyl (C=O) groups excluding carboxylic acids is 1. The quantitative estimate of drug-likeness (QED) is 0.569. The van der Waals surface area contributed by atoms with E-state index in [0.717, 1.165) is 19.3 Å². The smallest absolute Gasteiger partial charge is 0.307 e. The molecule has 0 heterocycles. The number of unbranched alkanes of at least 4 members (excludes halogenated alkanes) is 2. The molecule has 0 bridgehead atoms. The second-order valence-corrected chi connectivity index (χ2v) is 5.67. The molecule has 0 aromatic heterocycles. The molecule has 0 aliphatic heterocycles. The number of aliphatic carboxylic acids is 1. The third kappa shape index (κ3) is 4.37. The van der Waals surface area contributed by atoms with Crippen molar-refractivity contribution in [1.29, 1.82) is 0 Å². The summed E-state index contributed by atoms with van der Waals surface area (Å²) in [5.74, 6) is -1.35. The second-order valence-electron chi connectivity index (χ2n) is 5.67. The van der Waals surface area contributed by atoms with E-state index < -0.39 is 11.9 Å². The van der Waals surface area contributed by atoms with E-state index >= 15 is 0 Å². The molecule has 0 saturated heterocycles. The van der Waals surface area contributed by atoms with Gasteiger partial charge in [-0.2, -0.15) is 0 Å². The molecule has 108 valence electrons. The van der Waals surface area contributed by atoms with Crippen LogP contribution in [0.1, 0.15) is 39.0 Å². The number of hydrogen-bond donors (Lipinski definition) is 1. The SMILES string of the molecule is C=CCCCCN(C)C(=O)C1CC(C)CC1C(=O)O. The summed E-state index contributed by atoms with van der Waals surface area (Å²) in [7, 11) is 1.78. The molecule has 4 heteroatoms. The van der Waals surface area contributed by atoms with Crippen molar-refractivity contribution in [1.82, 2.24) is 4.90 Å². The molecule has 4 nitrogen and oxygen atoms in total. The van der Waals surface area contributed by atoms with Gasteiger partial charge in [0.05, 0.1) is 11.8 Å². The molecule has 0 aromatic rings. The van der Waals surface area contributed by atoms with Crippen LogP contribution in [0.15, 0.2) is 12.7 Å². The summed E-state index contributed by atoms with van der Waals surface area (Å²) >= 11 is 0. The van der Waals surface area contributed by atoms with Gasteiger partial charge in [0.2, 0.25) is 5.91 Å². The highest BCUT2D eigenvalue weighted by molar-refractivity contribution is 5.85. The van der Waals surface area contributed by atoms with Crippen LogP contribution in [-0.4, -0.2) is 35.5 Å². The van der Waals surface area contributed by atoms with E-state index in [1.807, 2.05) is 13.0 Å². The van der Waals surface area contributed by atoms with Gasteiger partial charge in [-0.3, -0.25) is 9.59 Å². The lowest BCUT2D eigenvalue weighted by molar-refractivity contribution is -0.148. The van der Waals surface area contributed by atoms with Crippen molar-refractivity contribution in [2.75, 3.05) is 13.6 Å². The van der Waals surface area contributed by atoms with Crippen molar-refractivity contribution in [2.24, 2.45) is 17.8 Å². The molecule has 0 aromatic carbocycles. The van der Waals surface area contributed by atoms with Crippen LogP contribution < -0.4 is 0 Å². The Hall–Kier alpha value is -1.32. The molecule has 1 N–H and O–H groups in total. The minimum atomic E-state index is -0.831. The van der Waals surface area contributed by atoms with Crippen LogP contribution in [0.3, 0.4) is 0 Å². The number of carbonyl (C=O) groups is 2. The standard InChI is InChI=1S/C15H25NO3/c1-4-5-6-7-8-16(3)14(17)12-9-11(2)10-13(12)15(18)19/h4,11-13H,1,5-10H2,2-3H3,(H,18,19). The van der Waals surface area contributed by atoms with Crippen molar-refractivity contribution < 1.29 is 14.7 Å². The molecule has 0 spiro atoms. The largest absolute Gasteiger partial charge is 0.481 e. The molecular weight excluding hydrogens is 242 g/mol. The number of carboxylic acid groups (broad SMARTS) is 1. The lowest BCUT2D eigenvalue weighted by Gasteiger charge is -2.23. The minimum Gasteiger partial charge on any atom is -0.481 e. The maximum Gasteiger partial charge on any atom is 0.307 e. The Morgan fingerprint density at radius 2 is 1.95 bits per heavy atom. The van der Waals surface area contributed by atoms with Gasteiger partial charge in [-0.15, -0.1) is 6.58 Å². The topological polar surface area (TPSA) is 57.6 Å². The fourth-order valence-corrected chi connectivity index (χ4v) is 2.87. The van der Waals surface area contributed by atoms with Gasteiger partial charge >= 0.3 is 5.97 Å². The van der Waals surface area contributed by atoms with Gasteiger partial charge in [0.1, 0.15) is 0 Å². The summed E-state index contributed by atoms with van der Waals surface area (Å²) in [6, 6.07) is 0. The summed E-state index contributed by atoms with van der Waals surface area (Å²) < 4.78 is 0. The lowest BCUT2D eigenvalue weighted by Crippen LogP contribution is -2.37. The molecule has 19 heavy (non-hydrogen) atoms. The Bertz CT molecular complexity index is 340. The molecule has 1 aliphatic carbocycles. The molecule has 3 unspecified atom stereocenters. The maximum absolute atomic E-state index is 12.3. The highest BCUT2D eigenvalue weighted by Gasteiger charge is 2.42. The normalized spacial score (nSPS) is 26.1. The van der Waals surface area contributed by atoms with E-state index in [0.29, 0.717) is 25.3 Å². The van der Waals surface area contributed by atoms with E-state index in [2.05, 4.69) is 6.58 Å². The van der Waals surface area contributed by atoms with Crippen LogP contribution in [0.4, 0.5) is 0 Å². The Labute approximate surface area is 115 Å². The van der Waals surface area contributed by atoms with E-state index in [4.69, 9.17) is 0 Å². The fourth-order valence-electron chi connectivity index (χ4n) is 2.87. The summed E-state index contributed by atoms with van der Waals surface area (Å²) in [5.41, 5.74) is 0. The molecule has 1 aliphatic rings. The van der Waals surface area contributed by atoms with Gasteiger partial charge in [-0.05, 0) is 38.0 Å². The zero-order chi connectivity index (χ0) is 14.4. The zero-order valence-electron chi connectivity index (χ0n) is 12.0. The molecule has 1 amide bonds. The summed E-state index contributed by atoms with van der Waals surface area (Å²) in [6.45, 7) is 6.39. The molecule has 3 atom stereocenters. The van der Waals surface area contributed by atoms with Crippen molar-refractivity contribution in [2.45, 2.75) is 39.0 Å². The average molecular weight is 267 g/mol. The van der Waals surface area contributed by atoms with Crippen LogP contribution >= 0.6 is 0 Å². The van der Waals surface area contributed by atoms with E-state index in [1.54, 1.807) is 11.9 Å². The van der Waals surface area contributed by atoms with Gasteiger partial charge in [-0.25, -0.2) is 0 Å². The van der Waals surface area contributed by atoms with Gasteiger partial charge in [0, 0.05) is 13.6 Å². The molecule has 0 radical (unpaired) electrons. The number of hydrogen-bond acceptors (Lipinski definition) is 2. The summed E-state index contributed by atoms with van der Waals surface area (Å²) in [6.07, 6.45) is 6.11. The highest BCUT2D eigenvalue weighted by atomic mass is 16.4. The first-order valence-corrected chi connectivity index (χ1v) is 7.06. The second kappa shape index (κ2) is 7.31. The van der Waals surface area contributed by atoms with Crippen molar-refractivity contribution in [3.8, 4) is 0 Å². The molecule has 1 saturated carbocycles. The Morgan fingerprint density at radius 3 is 2.53 bits per heavy atom. The van der Waals surface area contributed by atoms with E-state index in [9.17, 15) is 14.7 Å². The monoisotopic (exact) mass is 267 g/mol. The predicted octanol–water partition coefficient (Wildman–Crippen LogP) is 2.55. The maximum atomic E-state index is 12.3. The average Bonchev–Trinajstić information content (AvgIpc) is 2.75. The Morgan fingerprint density at radius 1 is 1.32 bits per heavy atom. The first-order chi connectivity index (χ1) is 8.97. The van der Waals surface area contributed by atoms with E-state index in [1.165, 1.54) is 0 Å². The van der Waals surface area contributed by atoms with Crippen LogP contribution in [-0.2, 0) is 9.59 Å². The van der Waals surface area contributed by atoms with Crippen LogP contribution in [0.5, 0.6) is 0 Å². The number of rotatable bonds is 7. The lowest BCUT2D eigenvalue weighted by atomic mass is 9.95. The summed E-state index contributed by atoms with van der Waals surface area (Å²) in [5, 5.41) is 9.20. The van der Waals surface area contributed by atoms with Crippen molar-refractivity contribution >= 4 is 11.9 Å². The van der Waals surface area contributed by atoms with Gasteiger partial charge in [0.25, 0.3) is 0 Å². The van der Waals surface area contributed by atoms with Gasteiger partial charge < -0.3 is 10.0 Å². The zero-order valence-corrected chi connectivity index (χ0v) is 12.0. The van der Waals surface area contributed by atoms with Crippen LogP contribution in [0, 0.1) is 17.8 Å². The third-order valence-electron chi connectivity index (χ3n) is 3.96. The van der Waals surface area contributed by atoms with Crippen molar-refractivity contribution in [3.63, 3.8) is 0 Å². The molecular formula is C15H25NO3. The summed E-state index contributed by atoms with van der Waals surface area (Å²) in [4.78, 5) is 25.2. The molecule has 1 fully saturated rings. The van der Waals surface area contributed by atoms with Gasteiger partial charge in [0.15, 0.2) is 0 Å². The number of nitrogens with zero attached hydrogens (tertiary/aromatic N) is 1. The Kier molecular flexibility index (Phi) is 6.06. The van der Waals surface area contributed by atoms with E-state index in [-0.39, 0.29) is 11.8 Å². The van der Waals surface area contributed by atoms with Gasteiger partial charge in [-0.1, -0.05) is 13.0 Å². The minimum absolute atomic E-state index is 0.00430. The third-order valence-corrected chi connectivity index (χ3v) is 3.96. The first-order valence-electron chi connectivity index (χ1n) is 7.06. The van der Waals surface area contributed by atoms with Crippen LogP contribution in [0.2, 0.25) is 0 Å². The van der Waals surface area contributed by atoms with Crippen LogP contribution in [0.25, 0.3) is 0 Å². The number of amides is 1. The number of allylic oxidation sites excluding steroid dienone is 1. The predicted molar refractivity (Wildman–Crippen MR) is 74.7 cm³/mol. The molecule has 1 rings (SSSR count). The Balaban J connectivity index is 2.50. The fraction of sp³-hybridized carbons (Fsp3) is 0.733. The van der Waals surface area contributed by atoms with Crippen molar-refractivity contribution in [3.05, 3.63) is 12.7 Å². The number of carboxylic acids is 1.